The fraction of sp³-hybridized carbons (Fsp3) is 0.889. The molecule has 0 aromatic heterocycles. The summed E-state index contributed by atoms with van der Waals surface area (Å²) in [4.78, 5) is 12.6. The second kappa shape index (κ2) is 4.58. The summed E-state index contributed by atoms with van der Waals surface area (Å²) in [5.74, 6) is -0.321. The van der Waals surface area contributed by atoms with Crippen molar-refractivity contribution >= 4 is 5.97 Å². The summed E-state index contributed by atoms with van der Waals surface area (Å²) in [6, 6.07) is 0.151. The van der Waals surface area contributed by atoms with Crippen LogP contribution in [0.25, 0.3) is 0 Å². The first kappa shape index (κ1) is 10.5. The third-order valence-electron chi connectivity index (χ3n) is 2.74. The van der Waals surface area contributed by atoms with Gasteiger partial charge in [0.1, 0.15) is 0 Å². The van der Waals surface area contributed by atoms with Gasteiger partial charge in [-0.05, 0) is 32.4 Å². The molecule has 0 aromatic rings. The van der Waals surface area contributed by atoms with Crippen molar-refractivity contribution in [1.29, 1.82) is 0 Å². The van der Waals surface area contributed by atoms with Gasteiger partial charge in [0.2, 0.25) is 0 Å². The first-order valence-corrected chi connectivity index (χ1v) is 4.75. The van der Waals surface area contributed by atoms with Crippen molar-refractivity contribution in [3.63, 3.8) is 0 Å². The monoisotopic (exact) mass is 186 g/mol. The number of hydrogen-bond donors (Lipinski definition) is 2. The molecular formula is C9H18N2O2. The summed E-state index contributed by atoms with van der Waals surface area (Å²) in [5.41, 5.74) is 5.92. The van der Waals surface area contributed by atoms with E-state index in [0.29, 0.717) is 5.92 Å². The molecule has 1 aliphatic heterocycles. The minimum Gasteiger partial charge on any atom is -0.481 e. The Hall–Kier alpha value is -0.610. The van der Waals surface area contributed by atoms with E-state index in [1.54, 1.807) is 0 Å². The van der Waals surface area contributed by atoms with Crippen molar-refractivity contribution in [3.05, 3.63) is 0 Å². The Balaban J connectivity index is 2.29. The molecule has 0 spiro atoms. The van der Waals surface area contributed by atoms with Crippen molar-refractivity contribution in [2.45, 2.75) is 25.3 Å². The van der Waals surface area contributed by atoms with Crippen molar-refractivity contribution in [2.24, 2.45) is 11.7 Å². The van der Waals surface area contributed by atoms with Crippen molar-refractivity contribution in [1.82, 2.24) is 4.90 Å². The van der Waals surface area contributed by atoms with Crippen LogP contribution in [0.3, 0.4) is 0 Å². The van der Waals surface area contributed by atoms with E-state index < -0.39 is 5.97 Å². The van der Waals surface area contributed by atoms with Crippen molar-refractivity contribution < 1.29 is 9.90 Å². The average Bonchev–Trinajstić information content (AvgIpc) is 2.02. The molecule has 3 N–H and O–H groups in total. The molecule has 4 nitrogen and oxygen atoms in total. The molecule has 0 radical (unpaired) electrons. The summed E-state index contributed by atoms with van der Waals surface area (Å²) >= 11 is 0. The Labute approximate surface area is 78.7 Å². The lowest BCUT2D eigenvalue weighted by Crippen LogP contribution is -2.46. The fourth-order valence-corrected chi connectivity index (χ4v) is 1.87. The van der Waals surface area contributed by atoms with Gasteiger partial charge in [0.05, 0.1) is 0 Å². The normalized spacial score (nSPS) is 30.3. The maximum Gasteiger partial charge on any atom is 0.303 e. The SMILES string of the molecule is CN1CC[C@H](CCC(=O)O)[C@H](N)C1. The van der Waals surface area contributed by atoms with E-state index in [2.05, 4.69) is 4.90 Å². The molecule has 0 aromatic carbocycles. The summed E-state index contributed by atoms with van der Waals surface area (Å²) in [6.45, 7) is 1.93. The molecule has 1 aliphatic rings. The number of carboxylic acid groups (broad SMARTS) is 1. The lowest BCUT2D eigenvalue weighted by Gasteiger charge is -2.34. The zero-order valence-corrected chi connectivity index (χ0v) is 8.07. The largest absolute Gasteiger partial charge is 0.481 e. The first-order chi connectivity index (χ1) is 6.09. The molecule has 76 valence electrons. The third-order valence-corrected chi connectivity index (χ3v) is 2.74. The van der Waals surface area contributed by atoms with Crippen LogP contribution in [0.2, 0.25) is 0 Å². The molecule has 0 saturated carbocycles. The number of nitrogens with two attached hydrogens (primary N) is 1. The molecule has 1 heterocycles. The predicted octanol–water partition coefficient (Wildman–Crippen LogP) is 0.130. The molecule has 0 aliphatic carbocycles. The number of likely N-dealkylation sites (tertiary alicyclic amines) is 1. The Morgan fingerprint density at radius 1 is 1.69 bits per heavy atom. The Bertz CT molecular complexity index is 184. The molecule has 1 saturated heterocycles. The molecule has 0 amide bonds. The van der Waals surface area contributed by atoms with Crippen molar-refractivity contribution in [2.75, 3.05) is 20.1 Å². The molecule has 1 rings (SSSR count). The van der Waals surface area contributed by atoms with E-state index >= 15 is 0 Å². The molecule has 2 atom stereocenters. The van der Waals surface area contributed by atoms with Crippen LogP contribution in [-0.2, 0) is 4.79 Å². The van der Waals surface area contributed by atoms with Gasteiger partial charge in [-0.25, -0.2) is 0 Å². The fourth-order valence-electron chi connectivity index (χ4n) is 1.87. The minimum absolute atomic E-state index is 0.151. The van der Waals surface area contributed by atoms with Gasteiger partial charge in [-0.3, -0.25) is 4.79 Å². The second-order valence-electron chi connectivity index (χ2n) is 3.91. The highest BCUT2D eigenvalue weighted by Gasteiger charge is 2.24. The van der Waals surface area contributed by atoms with E-state index in [0.717, 1.165) is 25.9 Å². The molecule has 0 unspecified atom stereocenters. The second-order valence-corrected chi connectivity index (χ2v) is 3.91. The van der Waals surface area contributed by atoms with Gasteiger partial charge in [-0.15, -0.1) is 0 Å². The standard InChI is InChI=1S/C9H18N2O2/c1-11-5-4-7(8(10)6-11)2-3-9(12)13/h7-8H,2-6,10H2,1H3,(H,12,13)/t7-,8+/m0/s1. The Morgan fingerprint density at radius 2 is 2.38 bits per heavy atom. The first-order valence-electron chi connectivity index (χ1n) is 4.75. The zero-order chi connectivity index (χ0) is 9.84. The van der Waals surface area contributed by atoms with E-state index in [1.807, 2.05) is 7.05 Å². The van der Waals surface area contributed by atoms with Gasteiger partial charge >= 0.3 is 5.97 Å². The molecule has 1 fully saturated rings. The smallest absolute Gasteiger partial charge is 0.303 e. The maximum absolute atomic E-state index is 10.4. The van der Waals surface area contributed by atoms with Crippen LogP contribution in [0.1, 0.15) is 19.3 Å². The highest BCUT2D eigenvalue weighted by atomic mass is 16.4. The molecule has 4 heteroatoms. The predicted molar refractivity (Wildman–Crippen MR) is 50.4 cm³/mol. The number of likely N-dealkylation sites (N-methyl/N-ethyl adjacent to an activating group) is 1. The van der Waals surface area contributed by atoms with Crippen LogP contribution in [-0.4, -0.2) is 42.2 Å². The number of carboxylic acids is 1. The topological polar surface area (TPSA) is 66.6 Å². The van der Waals surface area contributed by atoms with Crippen molar-refractivity contribution in [3.8, 4) is 0 Å². The van der Waals surface area contributed by atoms with Gasteiger partial charge in [-0.2, -0.15) is 0 Å². The molecule has 13 heavy (non-hydrogen) atoms. The quantitative estimate of drug-likeness (QED) is 0.657. The number of piperidine rings is 1. The number of aliphatic carboxylic acids is 1. The van der Waals surface area contributed by atoms with Crippen LogP contribution in [0.15, 0.2) is 0 Å². The van der Waals surface area contributed by atoms with Gasteiger partial charge in [-0.1, -0.05) is 0 Å². The van der Waals surface area contributed by atoms with Gasteiger partial charge < -0.3 is 15.7 Å². The van der Waals surface area contributed by atoms with Crippen LogP contribution < -0.4 is 5.73 Å². The van der Waals surface area contributed by atoms with E-state index in [9.17, 15) is 4.79 Å². The Kier molecular flexibility index (Phi) is 3.69. The van der Waals surface area contributed by atoms with Crippen LogP contribution in [0.4, 0.5) is 0 Å². The number of nitrogens with zero attached hydrogens (tertiary/aromatic N) is 1. The lowest BCUT2D eigenvalue weighted by atomic mass is 9.88. The Morgan fingerprint density at radius 3 is 2.92 bits per heavy atom. The van der Waals surface area contributed by atoms with Crippen LogP contribution in [0.5, 0.6) is 0 Å². The van der Waals surface area contributed by atoms with E-state index in [4.69, 9.17) is 10.8 Å². The molecular weight excluding hydrogens is 168 g/mol. The van der Waals surface area contributed by atoms with Gasteiger partial charge in [0, 0.05) is 19.0 Å². The highest BCUT2D eigenvalue weighted by molar-refractivity contribution is 5.66. The van der Waals surface area contributed by atoms with Crippen LogP contribution >= 0.6 is 0 Å². The molecule has 0 bridgehead atoms. The summed E-state index contributed by atoms with van der Waals surface area (Å²) < 4.78 is 0. The number of rotatable bonds is 3. The van der Waals surface area contributed by atoms with E-state index in [1.165, 1.54) is 0 Å². The third kappa shape index (κ3) is 3.32. The zero-order valence-electron chi connectivity index (χ0n) is 8.07. The number of carbonyl (C=O) groups is 1. The van der Waals surface area contributed by atoms with Crippen LogP contribution in [0, 0.1) is 5.92 Å². The summed E-state index contributed by atoms with van der Waals surface area (Å²) in [6.07, 6.45) is 2.01. The minimum atomic E-state index is -0.717. The van der Waals surface area contributed by atoms with E-state index in [-0.39, 0.29) is 12.5 Å². The maximum atomic E-state index is 10.4. The van der Waals surface area contributed by atoms with Gasteiger partial charge in [0.15, 0.2) is 0 Å². The van der Waals surface area contributed by atoms with Gasteiger partial charge in [0.25, 0.3) is 0 Å². The average molecular weight is 186 g/mol. The number of hydrogen-bond acceptors (Lipinski definition) is 3. The lowest BCUT2D eigenvalue weighted by molar-refractivity contribution is -0.137. The summed E-state index contributed by atoms with van der Waals surface area (Å²) in [7, 11) is 2.05. The summed E-state index contributed by atoms with van der Waals surface area (Å²) in [5, 5.41) is 8.53. The highest BCUT2D eigenvalue weighted by Crippen LogP contribution is 2.20.